The lowest BCUT2D eigenvalue weighted by Gasteiger charge is -2.19. The van der Waals surface area contributed by atoms with Crippen molar-refractivity contribution in [3.05, 3.63) is 78.0 Å². The standard InChI is InChI=1S/C22H23N/c1-16-8-13-19(20(15-16)21-7-5-6-14-23-21)17-9-11-18(12-10-17)22(2,3)4/h5-15H,1-4H3. The first-order valence-corrected chi connectivity index (χ1v) is 8.08. The summed E-state index contributed by atoms with van der Waals surface area (Å²) in [5.74, 6) is 0. The maximum Gasteiger partial charge on any atom is 0.0708 e. The van der Waals surface area contributed by atoms with Gasteiger partial charge in [0.1, 0.15) is 0 Å². The van der Waals surface area contributed by atoms with E-state index in [0.717, 1.165) is 5.69 Å². The summed E-state index contributed by atoms with van der Waals surface area (Å²) in [6, 6.07) is 21.6. The zero-order chi connectivity index (χ0) is 16.4. The molecule has 0 spiro atoms. The molecule has 1 heterocycles. The smallest absolute Gasteiger partial charge is 0.0708 e. The SMILES string of the molecule is Cc1ccc(-c2ccc(C(C)(C)C)cc2)c(-c2ccccn2)c1. The van der Waals surface area contributed by atoms with E-state index < -0.39 is 0 Å². The van der Waals surface area contributed by atoms with Crippen molar-refractivity contribution in [1.29, 1.82) is 0 Å². The van der Waals surface area contributed by atoms with Gasteiger partial charge in [0.25, 0.3) is 0 Å². The summed E-state index contributed by atoms with van der Waals surface area (Å²) < 4.78 is 0. The lowest BCUT2D eigenvalue weighted by atomic mass is 9.85. The number of benzene rings is 2. The van der Waals surface area contributed by atoms with Gasteiger partial charge in [0.2, 0.25) is 0 Å². The van der Waals surface area contributed by atoms with Crippen LogP contribution in [0.2, 0.25) is 0 Å². The normalized spacial score (nSPS) is 11.5. The predicted molar refractivity (Wildman–Crippen MR) is 98.5 cm³/mol. The second kappa shape index (κ2) is 6.00. The number of nitrogens with zero attached hydrogens (tertiary/aromatic N) is 1. The van der Waals surface area contributed by atoms with Crippen LogP contribution < -0.4 is 0 Å². The number of rotatable bonds is 2. The lowest BCUT2D eigenvalue weighted by molar-refractivity contribution is 0.590. The largest absolute Gasteiger partial charge is 0.256 e. The Morgan fingerprint density at radius 3 is 2.13 bits per heavy atom. The zero-order valence-electron chi connectivity index (χ0n) is 14.3. The molecule has 3 rings (SSSR count). The van der Waals surface area contributed by atoms with Crippen LogP contribution in [0.3, 0.4) is 0 Å². The number of hydrogen-bond donors (Lipinski definition) is 0. The Hall–Kier alpha value is -2.41. The van der Waals surface area contributed by atoms with Crippen molar-refractivity contribution in [2.75, 3.05) is 0 Å². The first kappa shape index (κ1) is 15.5. The Kier molecular flexibility index (Phi) is 4.04. The Balaban J connectivity index is 2.10. The summed E-state index contributed by atoms with van der Waals surface area (Å²) in [6.07, 6.45) is 1.85. The summed E-state index contributed by atoms with van der Waals surface area (Å²) in [4.78, 5) is 4.53. The zero-order valence-corrected chi connectivity index (χ0v) is 14.3. The van der Waals surface area contributed by atoms with E-state index >= 15 is 0 Å². The fourth-order valence-electron chi connectivity index (χ4n) is 2.79. The number of aryl methyl sites for hydroxylation is 1. The van der Waals surface area contributed by atoms with Gasteiger partial charge in [0.15, 0.2) is 0 Å². The molecule has 0 unspecified atom stereocenters. The number of aromatic nitrogens is 1. The monoisotopic (exact) mass is 301 g/mol. The van der Waals surface area contributed by atoms with Crippen molar-refractivity contribution in [2.24, 2.45) is 0 Å². The molecule has 2 aromatic carbocycles. The summed E-state index contributed by atoms with van der Waals surface area (Å²) in [6.45, 7) is 8.85. The van der Waals surface area contributed by atoms with Crippen LogP contribution in [0.15, 0.2) is 66.9 Å². The molecule has 0 amide bonds. The van der Waals surface area contributed by atoms with Gasteiger partial charge < -0.3 is 0 Å². The molecule has 1 nitrogen and oxygen atoms in total. The van der Waals surface area contributed by atoms with E-state index in [1.165, 1.54) is 27.8 Å². The average Bonchev–Trinajstić information content (AvgIpc) is 2.55. The van der Waals surface area contributed by atoms with Crippen LogP contribution in [0.5, 0.6) is 0 Å². The van der Waals surface area contributed by atoms with Crippen LogP contribution in [-0.4, -0.2) is 4.98 Å². The fraction of sp³-hybridized carbons (Fsp3) is 0.227. The average molecular weight is 301 g/mol. The lowest BCUT2D eigenvalue weighted by Crippen LogP contribution is -2.10. The second-order valence-corrected chi connectivity index (χ2v) is 7.09. The maximum atomic E-state index is 4.53. The topological polar surface area (TPSA) is 12.9 Å². The third-order valence-corrected chi connectivity index (χ3v) is 4.18. The van der Waals surface area contributed by atoms with E-state index in [-0.39, 0.29) is 5.41 Å². The molecular weight excluding hydrogens is 278 g/mol. The number of hydrogen-bond acceptors (Lipinski definition) is 1. The third kappa shape index (κ3) is 3.34. The van der Waals surface area contributed by atoms with Crippen LogP contribution in [0, 0.1) is 6.92 Å². The highest BCUT2D eigenvalue weighted by molar-refractivity contribution is 5.82. The molecular formula is C22H23N. The van der Waals surface area contributed by atoms with Gasteiger partial charge in [-0.05, 0) is 47.2 Å². The van der Waals surface area contributed by atoms with Gasteiger partial charge in [-0.15, -0.1) is 0 Å². The maximum absolute atomic E-state index is 4.53. The second-order valence-electron chi connectivity index (χ2n) is 7.09. The highest BCUT2D eigenvalue weighted by Crippen LogP contribution is 2.33. The number of pyridine rings is 1. The van der Waals surface area contributed by atoms with Gasteiger partial charge >= 0.3 is 0 Å². The van der Waals surface area contributed by atoms with Gasteiger partial charge in [0, 0.05) is 11.8 Å². The predicted octanol–water partition coefficient (Wildman–Crippen LogP) is 6.02. The quantitative estimate of drug-likeness (QED) is 0.564. The molecule has 0 N–H and O–H groups in total. The van der Waals surface area contributed by atoms with Crippen molar-refractivity contribution >= 4 is 0 Å². The van der Waals surface area contributed by atoms with E-state index in [1.807, 2.05) is 18.3 Å². The molecule has 0 bridgehead atoms. The van der Waals surface area contributed by atoms with Crippen LogP contribution in [0.1, 0.15) is 31.9 Å². The third-order valence-electron chi connectivity index (χ3n) is 4.18. The molecule has 23 heavy (non-hydrogen) atoms. The van der Waals surface area contributed by atoms with Gasteiger partial charge in [-0.3, -0.25) is 4.98 Å². The first-order chi connectivity index (χ1) is 10.9. The highest BCUT2D eigenvalue weighted by atomic mass is 14.7. The minimum absolute atomic E-state index is 0.176. The van der Waals surface area contributed by atoms with Gasteiger partial charge in [-0.1, -0.05) is 68.8 Å². The summed E-state index contributed by atoms with van der Waals surface area (Å²) >= 11 is 0. The van der Waals surface area contributed by atoms with Crippen molar-refractivity contribution in [3.8, 4) is 22.4 Å². The van der Waals surface area contributed by atoms with Crippen LogP contribution in [-0.2, 0) is 5.41 Å². The van der Waals surface area contributed by atoms with Gasteiger partial charge in [-0.25, -0.2) is 0 Å². The first-order valence-electron chi connectivity index (χ1n) is 8.08. The molecule has 1 heteroatoms. The van der Waals surface area contributed by atoms with Crippen molar-refractivity contribution in [2.45, 2.75) is 33.1 Å². The molecule has 0 radical (unpaired) electrons. The van der Waals surface area contributed by atoms with Crippen molar-refractivity contribution in [3.63, 3.8) is 0 Å². The minimum Gasteiger partial charge on any atom is -0.256 e. The Morgan fingerprint density at radius 2 is 1.52 bits per heavy atom. The van der Waals surface area contributed by atoms with E-state index in [2.05, 4.69) is 81.2 Å². The van der Waals surface area contributed by atoms with Crippen LogP contribution in [0.25, 0.3) is 22.4 Å². The minimum atomic E-state index is 0.176. The van der Waals surface area contributed by atoms with Crippen LogP contribution >= 0.6 is 0 Å². The molecule has 0 saturated heterocycles. The summed E-state index contributed by atoms with van der Waals surface area (Å²) in [5.41, 5.74) is 7.46. The summed E-state index contributed by atoms with van der Waals surface area (Å²) in [7, 11) is 0. The Bertz CT molecular complexity index is 794. The molecule has 3 aromatic rings. The van der Waals surface area contributed by atoms with E-state index in [4.69, 9.17) is 0 Å². The molecule has 0 aliphatic heterocycles. The Labute approximate surface area is 139 Å². The molecule has 0 fully saturated rings. The molecule has 0 aliphatic rings. The molecule has 1 aromatic heterocycles. The molecule has 0 aliphatic carbocycles. The van der Waals surface area contributed by atoms with Gasteiger partial charge in [0.05, 0.1) is 5.69 Å². The van der Waals surface area contributed by atoms with Gasteiger partial charge in [-0.2, -0.15) is 0 Å². The van der Waals surface area contributed by atoms with E-state index in [1.54, 1.807) is 0 Å². The van der Waals surface area contributed by atoms with E-state index in [0.29, 0.717) is 0 Å². The molecule has 0 saturated carbocycles. The summed E-state index contributed by atoms with van der Waals surface area (Å²) in [5, 5.41) is 0. The highest BCUT2D eigenvalue weighted by Gasteiger charge is 2.14. The van der Waals surface area contributed by atoms with Crippen LogP contribution in [0.4, 0.5) is 0 Å². The molecule has 0 atom stereocenters. The van der Waals surface area contributed by atoms with E-state index in [9.17, 15) is 0 Å². The molecule has 116 valence electrons. The Morgan fingerprint density at radius 1 is 0.783 bits per heavy atom. The van der Waals surface area contributed by atoms with Crippen molar-refractivity contribution in [1.82, 2.24) is 4.98 Å². The fourth-order valence-corrected chi connectivity index (χ4v) is 2.79. The van der Waals surface area contributed by atoms with Crippen molar-refractivity contribution < 1.29 is 0 Å².